The fourth-order valence-electron chi connectivity index (χ4n) is 2.81. The molecule has 1 aliphatic rings. The second-order valence-electron chi connectivity index (χ2n) is 6.54. The number of hydrogen-bond acceptors (Lipinski definition) is 5. The molecule has 24 heavy (non-hydrogen) atoms. The zero-order chi connectivity index (χ0) is 17.5. The molecule has 0 bridgehead atoms. The maximum atomic E-state index is 12.1. The molecule has 7 nitrogen and oxygen atoms in total. The molecule has 1 atom stereocenters. The second-order valence-corrected chi connectivity index (χ2v) is 6.54. The molecule has 2 N–H and O–H groups in total. The Bertz CT molecular complexity index is 542. The van der Waals surface area contributed by atoms with E-state index >= 15 is 0 Å². The van der Waals surface area contributed by atoms with Gasteiger partial charge in [0.15, 0.2) is 0 Å². The number of hydrogen-bond donors (Lipinski definition) is 2. The highest BCUT2D eigenvalue weighted by Gasteiger charge is 2.24. The van der Waals surface area contributed by atoms with Crippen LogP contribution in [0.3, 0.4) is 0 Å². The average Bonchev–Trinajstić information content (AvgIpc) is 2.55. The lowest BCUT2D eigenvalue weighted by molar-refractivity contribution is -0.142. The minimum Gasteiger partial charge on any atom is -0.480 e. The first-order chi connectivity index (χ1) is 11.5. The molecular formula is C17H26N4O3. The van der Waals surface area contributed by atoms with Crippen molar-refractivity contribution in [3.63, 3.8) is 0 Å². The van der Waals surface area contributed by atoms with Crippen molar-refractivity contribution in [2.75, 3.05) is 37.6 Å². The van der Waals surface area contributed by atoms with Crippen LogP contribution in [0.1, 0.15) is 20.3 Å². The van der Waals surface area contributed by atoms with Crippen LogP contribution in [0.15, 0.2) is 24.4 Å². The van der Waals surface area contributed by atoms with Gasteiger partial charge < -0.3 is 15.3 Å². The summed E-state index contributed by atoms with van der Waals surface area (Å²) in [4.78, 5) is 31.9. The van der Waals surface area contributed by atoms with E-state index in [0.29, 0.717) is 6.42 Å². The zero-order valence-electron chi connectivity index (χ0n) is 14.3. The first-order valence-electron chi connectivity index (χ1n) is 8.36. The Labute approximate surface area is 142 Å². The molecule has 1 fully saturated rings. The van der Waals surface area contributed by atoms with Gasteiger partial charge >= 0.3 is 5.97 Å². The molecule has 2 heterocycles. The van der Waals surface area contributed by atoms with E-state index in [1.54, 1.807) is 6.20 Å². The Hall–Kier alpha value is -2.15. The lowest BCUT2D eigenvalue weighted by Crippen LogP contribution is -2.51. The normalized spacial score (nSPS) is 16.9. The number of carboxylic acids is 1. The Balaban J connectivity index is 1.78. The van der Waals surface area contributed by atoms with Gasteiger partial charge in [-0.05, 0) is 24.5 Å². The topological polar surface area (TPSA) is 85.8 Å². The summed E-state index contributed by atoms with van der Waals surface area (Å²) >= 11 is 0. The number of piperazine rings is 1. The monoisotopic (exact) mass is 334 g/mol. The van der Waals surface area contributed by atoms with Gasteiger partial charge in [-0.25, -0.2) is 9.78 Å². The predicted octanol–water partition coefficient (Wildman–Crippen LogP) is 0.819. The summed E-state index contributed by atoms with van der Waals surface area (Å²) in [5.74, 6) is -0.0378. The van der Waals surface area contributed by atoms with E-state index in [0.717, 1.165) is 32.0 Å². The molecule has 1 amide bonds. The molecule has 0 unspecified atom stereocenters. The van der Waals surface area contributed by atoms with Crippen molar-refractivity contribution in [2.24, 2.45) is 5.92 Å². The fourth-order valence-corrected chi connectivity index (χ4v) is 2.81. The molecule has 1 aromatic heterocycles. The van der Waals surface area contributed by atoms with E-state index in [9.17, 15) is 14.7 Å². The lowest BCUT2D eigenvalue weighted by Gasteiger charge is -2.35. The molecule has 1 aliphatic heterocycles. The van der Waals surface area contributed by atoms with Crippen molar-refractivity contribution in [2.45, 2.75) is 26.3 Å². The average molecular weight is 334 g/mol. The van der Waals surface area contributed by atoms with Crippen LogP contribution in [0.2, 0.25) is 0 Å². The minimum absolute atomic E-state index is 0.216. The van der Waals surface area contributed by atoms with Gasteiger partial charge in [0.2, 0.25) is 5.91 Å². The van der Waals surface area contributed by atoms with E-state index in [-0.39, 0.29) is 18.4 Å². The highest BCUT2D eigenvalue weighted by Crippen LogP contribution is 2.12. The fraction of sp³-hybridized carbons (Fsp3) is 0.588. The van der Waals surface area contributed by atoms with Gasteiger partial charge in [0.05, 0.1) is 6.54 Å². The second kappa shape index (κ2) is 8.63. The summed E-state index contributed by atoms with van der Waals surface area (Å²) in [6.45, 7) is 7.24. The first kappa shape index (κ1) is 18.2. The third-order valence-corrected chi connectivity index (χ3v) is 4.05. The molecular weight excluding hydrogens is 308 g/mol. The van der Waals surface area contributed by atoms with Gasteiger partial charge in [-0.2, -0.15) is 0 Å². The molecule has 0 aromatic carbocycles. The molecule has 132 valence electrons. The van der Waals surface area contributed by atoms with Crippen LogP contribution in [0.25, 0.3) is 0 Å². The number of nitrogens with one attached hydrogen (secondary N) is 1. The number of anilines is 1. The van der Waals surface area contributed by atoms with Gasteiger partial charge in [0, 0.05) is 32.4 Å². The van der Waals surface area contributed by atoms with E-state index in [1.165, 1.54) is 0 Å². The predicted molar refractivity (Wildman–Crippen MR) is 91.9 cm³/mol. The highest BCUT2D eigenvalue weighted by atomic mass is 16.4. The summed E-state index contributed by atoms with van der Waals surface area (Å²) in [6, 6.07) is 5.02. The summed E-state index contributed by atoms with van der Waals surface area (Å²) in [6.07, 6.45) is 2.21. The van der Waals surface area contributed by atoms with Gasteiger partial charge in [-0.15, -0.1) is 0 Å². The van der Waals surface area contributed by atoms with Crippen LogP contribution >= 0.6 is 0 Å². The number of amides is 1. The van der Waals surface area contributed by atoms with E-state index in [2.05, 4.69) is 15.2 Å². The van der Waals surface area contributed by atoms with Crippen LogP contribution in [0.5, 0.6) is 0 Å². The third kappa shape index (κ3) is 5.49. The molecule has 0 radical (unpaired) electrons. The SMILES string of the molecule is CC(C)C[C@H](NC(=O)CN1CCN(c2ccccn2)CC1)C(=O)O. The molecule has 0 spiro atoms. The Kier molecular flexibility index (Phi) is 6.54. The van der Waals surface area contributed by atoms with E-state index in [1.807, 2.05) is 36.9 Å². The Morgan fingerprint density at radius 1 is 1.25 bits per heavy atom. The van der Waals surface area contributed by atoms with E-state index < -0.39 is 12.0 Å². The van der Waals surface area contributed by atoms with Gasteiger partial charge in [0.25, 0.3) is 0 Å². The van der Waals surface area contributed by atoms with Gasteiger partial charge in [0.1, 0.15) is 11.9 Å². The molecule has 1 aromatic rings. The summed E-state index contributed by atoms with van der Waals surface area (Å²) < 4.78 is 0. The number of carboxylic acid groups (broad SMARTS) is 1. The third-order valence-electron chi connectivity index (χ3n) is 4.05. The van der Waals surface area contributed by atoms with Crippen molar-refractivity contribution in [1.29, 1.82) is 0 Å². The van der Waals surface area contributed by atoms with Crippen molar-refractivity contribution in [1.82, 2.24) is 15.2 Å². The molecule has 2 rings (SSSR count). The first-order valence-corrected chi connectivity index (χ1v) is 8.36. The molecule has 7 heteroatoms. The smallest absolute Gasteiger partial charge is 0.326 e. The Morgan fingerprint density at radius 3 is 2.50 bits per heavy atom. The van der Waals surface area contributed by atoms with Crippen molar-refractivity contribution in [3.05, 3.63) is 24.4 Å². The summed E-state index contributed by atoms with van der Waals surface area (Å²) in [5.41, 5.74) is 0. The number of pyridine rings is 1. The van der Waals surface area contributed by atoms with Crippen LogP contribution in [-0.2, 0) is 9.59 Å². The number of carbonyl (C=O) groups excluding carboxylic acids is 1. The molecule has 1 saturated heterocycles. The number of rotatable bonds is 7. The zero-order valence-corrected chi connectivity index (χ0v) is 14.3. The van der Waals surface area contributed by atoms with Gasteiger partial charge in [-0.3, -0.25) is 9.69 Å². The maximum Gasteiger partial charge on any atom is 0.326 e. The van der Waals surface area contributed by atoms with Crippen molar-refractivity contribution >= 4 is 17.7 Å². The Morgan fingerprint density at radius 2 is 1.96 bits per heavy atom. The molecule has 0 aliphatic carbocycles. The van der Waals surface area contributed by atoms with Crippen LogP contribution < -0.4 is 10.2 Å². The van der Waals surface area contributed by atoms with Crippen LogP contribution in [0, 0.1) is 5.92 Å². The molecule has 0 saturated carbocycles. The van der Waals surface area contributed by atoms with Crippen LogP contribution in [0.4, 0.5) is 5.82 Å². The van der Waals surface area contributed by atoms with Gasteiger partial charge in [-0.1, -0.05) is 19.9 Å². The number of carbonyl (C=O) groups is 2. The van der Waals surface area contributed by atoms with Crippen LogP contribution in [-0.4, -0.2) is 65.6 Å². The van der Waals surface area contributed by atoms with Crippen molar-refractivity contribution < 1.29 is 14.7 Å². The number of aliphatic carboxylic acids is 1. The maximum absolute atomic E-state index is 12.1. The highest BCUT2D eigenvalue weighted by molar-refractivity contribution is 5.84. The standard InChI is InChI=1S/C17H26N4O3/c1-13(2)11-14(17(23)24)19-16(22)12-20-7-9-21(10-8-20)15-5-3-4-6-18-15/h3-6,13-14H,7-12H2,1-2H3,(H,19,22)(H,23,24)/t14-/m0/s1. The quantitative estimate of drug-likeness (QED) is 0.768. The van der Waals surface area contributed by atoms with Crippen molar-refractivity contribution in [3.8, 4) is 0 Å². The summed E-state index contributed by atoms with van der Waals surface area (Å²) in [7, 11) is 0. The summed E-state index contributed by atoms with van der Waals surface area (Å²) in [5, 5.41) is 11.8. The minimum atomic E-state index is -0.975. The van der Waals surface area contributed by atoms with E-state index in [4.69, 9.17) is 0 Å². The largest absolute Gasteiger partial charge is 0.480 e. The number of nitrogens with zero attached hydrogens (tertiary/aromatic N) is 3. The number of aromatic nitrogens is 1. The lowest BCUT2D eigenvalue weighted by atomic mass is 10.0.